The van der Waals surface area contributed by atoms with Crippen LogP contribution in [-0.2, 0) is 0 Å². The molecule has 1 unspecified atom stereocenters. The maximum Gasteiger partial charge on any atom is 0.291 e. The molecule has 0 aliphatic rings. The van der Waals surface area contributed by atoms with Gasteiger partial charge in [0, 0.05) is 18.3 Å². The lowest BCUT2D eigenvalue weighted by atomic mass is 10.2. The summed E-state index contributed by atoms with van der Waals surface area (Å²) in [5.74, 6) is 0.503. The molecule has 118 valence electrons. The third-order valence-corrected chi connectivity index (χ3v) is 3.27. The van der Waals surface area contributed by atoms with Crippen molar-refractivity contribution in [2.45, 2.75) is 6.10 Å². The maximum atomic E-state index is 12.0. The quantitative estimate of drug-likeness (QED) is 0.682. The van der Waals surface area contributed by atoms with E-state index in [0.717, 1.165) is 5.69 Å². The van der Waals surface area contributed by atoms with Crippen LogP contribution >= 0.6 is 11.6 Å². The topological polar surface area (TPSA) is 83.7 Å². The highest BCUT2D eigenvalue weighted by atomic mass is 35.5. The van der Waals surface area contributed by atoms with Crippen molar-refractivity contribution in [3.63, 3.8) is 0 Å². The molecule has 0 saturated heterocycles. The number of carbonyl (C=O) groups excluding carboxylic acids is 1. The summed E-state index contributed by atoms with van der Waals surface area (Å²) in [4.78, 5) is 12.0. The van der Waals surface area contributed by atoms with E-state index < -0.39 is 6.10 Å². The normalized spacial score (nSPS) is 11.8. The molecule has 1 amide bonds. The zero-order chi connectivity index (χ0) is 15.9. The monoisotopic (exact) mass is 324 g/mol. The summed E-state index contributed by atoms with van der Waals surface area (Å²) < 4.78 is 10.3. The summed E-state index contributed by atoms with van der Waals surface area (Å²) in [5.41, 5.74) is 1.27. The lowest BCUT2D eigenvalue weighted by Crippen LogP contribution is -2.20. The van der Waals surface area contributed by atoms with E-state index in [4.69, 9.17) is 20.8 Å². The SMILES string of the molecule is COc1cc(NCC(O)CCl)ccc1NC(=O)c1ccco1. The van der Waals surface area contributed by atoms with Crippen molar-refractivity contribution in [1.29, 1.82) is 0 Å². The van der Waals surface area contributed by atoms with Crippen molar-refractivity contribution < 1.29 is 19.1 Å². The number of amides is 1. The van der Waals surface area contributed by atoms with E-state index in [9.17, 15) is 9.90 Å². The van der Waals surface area contributed by atoms with Gasteiger partial charge in [0.2, 0.25) is 0 Å². The van der Waals surface area contributed by atoms with Gasteiger partial charge in [-0.25, -0.2) is 0 Å². The standard InChI is InChI=1S/C15H17ClN2O4/c1-21-14-7-10(17-9-11(19)8-16)4-5-12(14)18-15(20)13-3-2-6-22-13/h2-7,11,17,19H,8-9H2,1H3,(H,18,20). The highest BCUT2D eigenvalue weighted by Crippen LogP contribution is 2.28. The van der Waals surface area contributed by atoms with E-state index in [-0.39, 0.29) is 17.5 Å². The van der Waals surface area contributed by atoms with Crippen LogP contribution in [0.2, 0.25) is 0 Å². The average Bonchev–Trinajstić information content (AvgIpc) is 3.08. The van der Waals surface area contributed by atoms with Gasteiger partial charge in [-0.3, -0.25) is 4.79 Å². The number of aliphatic hydroxyl groups excluding tert-OH is 1. The Morgan fingerprint density at radius 1 is 1.45 bits per heavy atom. The van der Waals surface area contributed by atoms with Gasteiger partial charge in [0.1, 0.15) is 5.75 Å². The molecule has 1 aromatic carbocycles. The lowest BCUT2D eigenvalue weighted by Gasteiger charge is -2.14. The van der Waals surface area contributed by atoms with Crippen LogP contribution in [0.3, 0.4) is 0 Å². The summed E-state index contributed by atoms with van der Waals surface area (Å²) in [6, 6.07) is 8.40. The van der Waals surface area contributed by atoms with Crippen LogP contribution in [0.25, 0.3) is 0 Å². The van der Waals surface area contributed by atoms with E-state index in [1.54, 1.807) is 30.3 Å². The summed E-state index contributed by atoms with van der Waals surface area (Å²) in [7, 11) is 1.51. The van der Waals surface area contributed by atoms with Gasteiger partial charge in [-0.05, 0) is 24.3 Å². The fraction of sp³-hybridized carbons (Fsp3) is 0.267. The van der Waals surface area contributed by atoms with Crippen molar-refractivity contribution in [3.05, 3.63) is 42.4 Å². The molecule has 0 spiro atoms. The Bertz CT molecular complexity index is 616. The molecule has 0 bridgehead atoms. The first-order valence-electron chi connectivity index (χ1n) is 6.65. The van der Waals surface area contributed by atoms with Gasteiger partial charge in [-0.2, -0.15) is 0 Å². The molecule has 3 N–H and O–H groups in total. The molecule has 1 atom stereocenters. The summed E-state index contributed by atoms with van der Waals surface area (Å²) in [5, 5.41) is 15.2. The zero-order valence-corrected chi connectivity index (χ0v) is 12.8. The summed E-state index contributed by atoms with van der Waals surface area (Å²) in [6.07, 6.45) is 0.799. The number of methoxy groups -OCH3 is 1. The number of carbonyl (C=O) groups is 1. The highest BCUT2D eigenvalue weighted by molar-refractivity contribution is 6.18. The number of hydrogen-bond acceptors (Lipinski definition) is 5. The first-order chi connectivity index (χ1) is 10.6. The second kappa shape index (κ2) is 7.72. The molecule has 0 fully saturated rings. The van der Waals surface area contributed by atoms with Gasteiger partial charge in [-0.15, -0.1) is 11.6 Å². The molecule has 0 aliphatic heterocycles. The van der Waals surface area contributed by atoms with E-state index in [2.05, 4.69) is 10.6 Å². The number of anilines is 2. The number of alkyl halides is 1. The number of halogens is 1. The third kappa shape index (κ3) is 4.16. The summed E-state index contributed by atoms with van der Waals surface area (Å²) >= 11 is 5.54. The largest absolute Gasteiger partial charge is 0.494 e. The van der Waals surface area contributed by atoms with Crippen molar-refractivity contribution in [3.8, 4) is 5.75 Å². The van der Waals surface area contributed by atoms with Gasteiger partial charge in [0.05, 0.1) is 31.0 Å². The Balaban J connectivity index is 2.07. The Hall–Kier alpha value is -2.18. The number of rotatable bonds is 7. The van der Waals surface area contributed by atoms with E-state index in [0.29, 0.717) is 18.0 Å². The molecule has 0 aliphatic carbocycles. The molecule has 2 rings (SSSR count). The first-order valence-corrected chi connectivity index (χ1v) is 7.18. The number of ether oxygens (including phenoxy) is 1. The number of hydrogen-bond donors (Lipinski definition) is 3. The molecule has 1 aromatic heterocycles. The van der Waals surface area contributed by atoms with E-state index in [1.165, 1.54) is 13.4 Å². The fourth-order valence-corrected chi connectivity index (χ4v) is 1.90. The minimum absolute atomic E-state index is 0.154. The van der Waals surface area contributed by atoms with Gasteiger partial charge >= 0.3 is 0 Å². The fourth-order valence-electron chi connectivity index (χ4n) is 1.79. The molecule has 6 nitrogen and oxygen atoms in total. The molecule has 0 radical (unpaired) electrons. The molecule has 1 heterocycles. The van der Waals surface area contributed by atoms with Gasteiger partial charge in [0.15, 0.2) is 5.76 Å². The Labute approximate surface area is 133 Å². The number of aliphatic hydroxyl groups is 1. The van der Waals surface area contributed by atoms with Crippen molar-refractivity contribution >= 4 is 28.9 Å². The maximum absolute atomic E-state index is 12.0. The van der Waals surface area contributed by atoms with Crippen molar-refractivity contribution in [2.24, 2.45) is 0 Å². The predicted octanol–water partition coefficient (Wildman–Crippen LogP) is 2.55. The van der Waals surface area contributed by atoms with Gasteiger partial charge in [-0.1, -0.05) is 0 Å². The minimum atomic E-state index is -0.633. The smallest absolute Gasteiger partial charge is 0.291 e. The van der Waals surface area contributed by atoms with Crippen LogP contribution in [0.5, 0.6) is 5.75 Å². The van der Waals surface area contributed by atoms with Crippen LogP contribution in [0.4, 0.5) is 11.4 Å². The van der Waals surface area contributed by atoms with Crippen LogP contribution in [0, 0.1) is 0 Å². The Kier molecular flexibility index (Phi) is 5.68. The Morgan fingerprint density at radius 3 is 2.91 bits per heavy atom. The average molecular weight is 325 g/mol. The Morgan fingerprint density at radius 2 is 2.27 bits per heavy atom. The third-order valence-electron chi connectivity index (χ3n) is 2.91. The number of benzene rings is 1. The molecule has 0 saturated carbocycles. The second-order valence-electron chi connectivity index (χ2n) is 4.54. The second-order valence-corrected chi connectivity index (χ2v) is 4.84. The minimum Gasteiger partial charge on any atom is -0.494 e. The molecular weight excluding hydrogens is 308 g/mol. The van der Waals surface area contributed by atoms with Crippen LogP contribution in [0.1, 0.15) is 10.6 Å². The van der Waals surface area contributed by atoms with Crippen LogP contribution in [-0.4, -0.2) is 36.7 Å². The predicted molar refractivity (Wildman–Crippen MR) is 84.9 cm³/mol. The van der Waals surface area contributed by atoms with Crippen molar-refractivity contribution in [2.75, 3.05) is 30.2 Å². The first kappa shape index (κ1) is 16.2. The van der Waals surface area contributed by atoms with Gasteiger partial charge < -0.3 is 24.9 Å². The molecule has 22 heavy (non-hydrogen) atoms. The highest BCUT2D eigenvalue weighted by Gasteiger charge is 2.12. The van der Waals surface area contributed by atoms with Gasteiger partial charge in [0.25, 0.3) is 5.91 Å². The van der Waals surface area contributed by atoms with Crippen LogP contribution in [0.15, 0.2) is 41.0 Å². The molecule has 7 heteroatoms. The van der Waals surface area contributed by atoms with E-state index in [1.807, 2.05) is 0 Å². The lowest BCUT2D eigenvalue weighted by molar-refractivity contribution is 0.0996. The van der Waals surface area contributed by atoms with E-state index >= 15 is 0 Å². The molecule has 2 aromatic rings. The zero-order valence-electron chi connectivity index (χ0n) is 12.0. The summed E-state index contributed by atoms with van der Waals surface area (Å²) in [6.45, 7) is 0.324. The van der Waals surface area contributed by atoms with Crippen LogP contribution < -0.4 is 15.4 Å². The molecular formula is C15H17ClN2O4. The van der Waals surface area contributed by atoms with Crippen molar-refractivity contribution in [1.82, 2.24) is 0 Å². The number of nitrogens with one attached hydrogen (secondary N) is 2. The number of furan rings is 1.